The molecule has 0 unspecified atom stereocenters. The lowest BCUT2D eigenvalue weighted by atomic mass is 10.2. The van der Waals surface area contributed by atoms with Crippen LogP contribution in [0, 0.1) is 5.82 Å². The Bertz CT molecular complexity index is 428. The zero-order chi connectivity index (χ0) is 14.5. The minimum atomic E-state index is -4.18. The van der Waals surface area contributed by atoms with Crippen molar-refractivity contribution >= 4 is 21.8 Å². The van der Waals surface area contributed by atoms with Crippen molar-refractivity contribution in [1.82, 2.24) is 5.32 Å². The van der Waals surface area contributed by atoms with Gasteiger partial charge in [-0.1, -0.05) is 6.07 Å². The molecule has 1 amide bonds. The van der Waals surface area contributed by atoms with Gasteiger partial charge in [0, 0.05) is 17.4 Å². The smallest absolute Gasteiger partial charge is 0.352 e. The lowest BCUT2D eigenvalue weighted by molar-refractivity contribution is -0.135. The van der Waals surface area contributed by atoms with E-state index in [9.17, 15) is 22.4 Å². The summed E-state index contributed by atoms with van der Waals surface area (Å²) in [5.41, 5.74) is -0.140. The number of nitrogens with one attached hydrogen (secondary N) is 1. The van der Waals surface area contributed by atoms with Gasteiger partial charge < -0.3 is 5.32 Å². The number of hydrogen-bond acceptors (Lipinski definition) is 1. The molecule has 1 N–H and O–H groups in total. The first-order valence-electron chi connectivity index (χ1n) is 5.60. The van der Waals surface area contributed by atoms with E-state index in [2.05, 4.69) is 21.2 Å². The summed E-state index contributed by atoms with van der Waals surface area (Å²) in [5, 5.41) is 2.39. The van der Waals surface area contributed by atoms with Gasteiger partial charge in [0.25, 0.3) is 5.91 Å². The zero-order valence-corrected chi connectivity index (χ0v) is 11.4. The predicted octanol–water partition coefficient (Wildman–Crippen LogP) is 4.05. The van der Waals surface area contributed by atoms with Gasteiger partial charge >= 0.3 is 6.18 Å². The van der Waals surface area contributed by atoms with E-state index in [4.69, 9.17) is 0 Å². The molecule has 7 heteroatoms. The highest BCUT2D eigenvalue weighted by Crippen LogP contribution is 2.22. The van der Waals surface area contributed by atoms with Gasteiger partial charge in [-0.3, -0.25) is 4.79 Å². The lowest BCUT2D eigenvalue weighted by Crippen LogP contribution is -2.26. The number of halogens is 5. The standard InChI is InChI=1S/C12H12BrF4NO/c13-8-4-3-5-9(14)10(8)11(19)18-7-2-1-6-12(15,16)17/h3-5H,1-2,6-7H2,(H,18,19). The number of alkyl halides is 3. The second-order valence-electron chi connectivity index (χ2n) is 3.92. The largest absolute Gasteiger partial charge is 0.389 e. The highest BCUT2D eigenvalue weighted by molar-refractivity contribution is 9.10. The molecule has 0 heterocycles. The van der Waals surface area contributed by atoms with Crippen LogP contribution in [0.5, 0.6) is 0 Å². The molecule has 1 rings (SSSR count). The molecule has 0 aliphatic carbocycles. The average molecular weight is 342 g/mol. The maximum Gasteiger partial charge on any atom is 0.389 e. The van der Waals surface area contributed by atoms with Crippen LogP contribution < -0.4 is 5.32 Å². The summed E-state index contributed by atoms with van der Waals surface area (Å²) in [6.45, 7) is 0.0791. The van der Waals surface area contributed by atoms with E-state index in [1.807, 2.05) is 0 Å². The van der Waals surface area contributed by atoms with Crippen LogP contribution in [0.4, 0.5) is 17.6 Å². The highest BCUT2D eigenvalue weighted by Gasteiger charge is 2.25. The predicted molar refractivity (Wildman–Crippen MR) is 66.3 cm³/mol. The molecule has 19 heavy (non-hydrogen) atoms. The Labute approximate surface area is 116 Å². The molecule has 0 spiro atoms. The first-order chi connectivity index (χ1) is 8.81. The minimum absolute atomic E-state index is 0.0672. The Morgan fingerprint density at radius 1 is 1.26 bits per heavy atom. The quantitative estimate of drug-likeness (QED) is 0.635. The SMILES string of the molecule is O=C(NCCCCC(F)(F)F)c1c(F)cccc1Br. The maximum absolute atomic E-state index is 13.4. The van der Waals surface area contributed by atoms with Crippen LogP contribution in [0.3, 0.4) is 0 Å². The lowest BCUT2D eigenvalue weighted by Gasteiger charge is -2.08. The number of hydrogen-bond donors (Lipinski definition) is 1. The average Bonchev–Trinajstić information content (AvgIpc) is 2.26. The van der Waals surface area contributed by atoms with Crippen molar-refractivity contribution in [2.24, 2.45) is 0 Å². The Balaban J connectivity index is 2.40. The third-order valence-electron chi connectivity index (χ3n) is 2.36. The fraction of sp³-hybridized carbons (Fsp3) is 0.417. The summed E-state index contributed by atoms with van der Waals surface area (Å²) in [5.74, 6) is -1.32. The fourth-order valence-electron chi connectivity index (χ4n) is 1.46. The van der Waals surface area contributed by atoms with Crippen molar-refractivity contribution < 1.29 is 22.4 Å². The van der Waals surface area contributed by atoms with Gasteiger partial charge in [0.1, 0.15) is 5.82 Å². The van der Waals surface area contributed by atoms with Crippen molar-refractivity contribution in [3.63, 3.8) is 0 Å². The van der Waals surface area contributed by atoms with Crippen molar-refractivity contribution in [2.75, 3.05) is 6.54 Å². The van der Waals surface area contributed by atoms with Gasteiger partial charge in [-0.2, -0.15) is 13.2 Å². The summed E-state index contributed by atoms with van der Waals surface area (Å²) < 4.78 is 49.3. The molecule has 0 aliphatic heterocycles. The molecule has 1 aromatic rings. The van der Waals surface area contributed by atoms with E-state index >= 15 is 0 Å². The Hall–Kier alpha value is -1.11. The molecule has 0 radical (unpaired) electrons. The minimum Gasteiger partial charge on any atom is -0.352 e. The molecule has 106 valence electrons. The number of benzene rings is 1. The Kier molecular flexibility index (Phi) is 5.78. The number of carbonyl (C=O) groups excluding carboxylic acids is 1. The number of carbonyl (C=O) groups is 1. The second kappa shape index (κ2) is 6.88. The first-order valence-corrected chi connectivity index (χ1v) is 6.39. The van der Waals surface area contributed by atoms with E-state index in [1.54, 1.807) is 0 Å². The normalized spacial score (nSPS) is 11.4. The van der Waals surface area contributed by atoms with Gasteiger partial charge in [0.05, 0.1) is 5.56 Å². The molecule has 2 nitrogen and oxygen atoms in total. The van der Waals surface area contributed by atoms with Gasteiger partial charge in [-0.25, -0.2) is 4.39 Å². The van der Waals surface area contributed by atoms with Crippen LogP contribution in [-0.2, 0) is 0 Å². The van der Waals surface area contributed by atoms with Gasteiger partial charge in [0.2, 0.25) is 0 Å². The Morgan fingerprint density at radius 3 is 2.53 bits per heavy atom. The summed E-state index contributed by atoms with van der Waals surface area (Å²) in [4.78, 5) is 11.6. The van der Waals surface area contributed by atoms with Crippen molar-refractivity contribution in [2.45, 2.75) is 25.4 Å². The van der Waals surface area contributed by atoms with Crippen LogP contribution in [0.2, 0.25) is 0 Å². The molecule has 0 saturated carbocycles. The molecule has 0 atom stereocenters. The molecule has 0 saturated heterocycles. The van der Waals surface area contributed by atoms with Crippen LogP contribution in [-0.4, -0.2) is 18.6 Å². The topological polar surface area (TPSA) is 29.1 Å². The van der Waals surface area contributed by atoms with Crippen molar-refractivity contribution in [3.05, 3.63) is 34.1 Å². The van der Waals surface area contributed by atoms with Crippen LogP contribution in [0.25, 0.3) is 0 Å². The van der Waals surface area contributed by atoms with Crippen LogP contribution in [0.1, 0.15) is 29.6 Å². The van der Waals surface area contributed by atoms with Gasteiger partial charge in [-0.15, -0.1) is 0 Å². The summed E-state index contributed by atoms with van der Waals surface area (Å²) in [6, 6.07) is 4.10. The van der Waals surface area contributed by atoms with Crippen molar-refractivity contribution in [3.8, 4) is 0 Å². The van der Waals surface area contributed by atoms with Crippen molar-refractivity contribution in [1.29, 1.82) is 0 Å². The molecule has 1 aromatic carbocycles. The zero-order valence-electron chi connectivity index (χ0n) is 9.86. The van der Waals surface area contributed by atoms with Gasteiger partial charge in [-0.05, 0) is 40.9 Å². The van der Waals surface area contributed by atoms with E-state index in [0.717, 1.165) is 6.07 Å². The fourth-order valence-corrected chi connectivity index (χ4v) is 1.98. The summed E-state index contributed by atoms with van der Waals surface area (Å²) in [6.07, 6.45) is -4.94. The van der Waals surface area contributed by atoms with Gasteiger partial charge in [0.15, 0.2) is 0 Å². The molecule has 0 fully saturated rings. The van der Waals surface area contributed by atoms with E-state index in [1.165, 1.54) is 12.1 Å². The maximum atomic E-state index is 13.4. The monoisotopic (exact) mass is 341 g/mol. The molecule has 0 aliphatic rings. The molecular formula is C12H12BrF4NO. The Morgan fingerprint density at radius 2 is 1.95 bits per heavy atom. The number of amides is 1. The number of unbranched alkanes of at least 4 members (excludes halogenated alkanes) is 1. The third-order valence-corrected chi connectivity index (χ3v) is 3.02. The third kappa shape index (κ3) is 5.59. The second-order valence-corrected chi connectivity index (χ2v) is 4.78. The first kappa shape index (κ1) is 15.9. The molecule has 0 bridgehead atoms. The van der Waals surface area contributed by atoms with E-state index in [0.29, 0.717) is 4.47 Å². The van der Waals surface area contributed by atoms with Crippen LogP contribution >= 0.6 is 15.9 Å². The highest BCUT2D eigenvalue weighted by atomic mass is 79.9. The van der Waals surface area contributed by atoms with E-state index < -0.39 is 24.3 Å². The van der Waals surface area contributed by atoms with E-state index in [-0.39, 0.29) is 24.9 Å². The number of rotatable bonds is 5. The summed E-state index contributed by atoms with van der Waals surface area (Å²) >= 11 is 3.05. The van der Waals surface area contributed by atoms with Crippen LogP contribution in [0.15, 0.2) is 22.7 Å². The summed E-state index contributed by atoms with van der Waals surface area (Å²) in [7, 11) is 0. The molecule has 0 aromatic heterocycles. The molecular weight excluding hydrogens is 330 g/mol.